The highest BCUT2D eigenvalue weighted by Gasteiger charge is 2.36. The van der Waals surface area contributed by atoms with Crippen LogP contribution in [0.5, 0.6) is 0 Å². The van der Waals surface area contributed by atoms with Crippen LogP contribution in [0, 0.1) is 0 Å². The fourth-order valence-corrected chi connectivity index (χ4v) is 2.95. The number of esters is 1. The highest BCUT2D eigenvalue weighted by Crippen LogP contribution is 2.43. The van der Waals surface area contributed by atoms with Crippen molar-refractivity contribution in [2.75, 3.05) is 6.61 Å². The summed E-state index contributed by atoms with van der Waals surface area (Å²) in [6.45, 7) is 2.05. The highest BCUT2D eigenvalue weighted by molar-refractivity contribution is 8.13. The number of H-pyrrole nitrogens is 1. The van der Waals surface area contributed by atoms with Gasteiger partial charge in [0, 0.05) is 16.6 Å². The van der Waals surface area contributed by atoms with Gasteiger partial charge in [0.25, 0.3) is 9.05 Å². The molecule has 0 amide bonds. The second-order valence-electron chi connectivity index (χ2n) is 4.16. The Morgan fingerprint density at radius 3 is 2.72 bits per heavy atom. The molecular formula is C10H13ClN2O4S. The van der Waals surface area contributed by atoms with Gasteiger partial charge >= 0.3 is 5.97 Å². The smallest absolute Gasteiger partial charge is 0.360 e. The molecular weight excluding hydrogens is 280 g/mol. The van der Waals surface area contributed by atoms with Crippen LogP contribution in [0.2, 0.25) is 0 Å². The summed E-state index contributed by atoms with van der Waals surface area (Å²) in [6, 6.07) is 0. The first-order valence-corrected chi connectivity index (χ1v) is 7.96. The van der Waals surface area contributed by atoms with E-state index in [1.165, 1.54) is 0 Å². The molecule has 1 aliphatic rings. The maximum atomic E-state index is 11.7. The van der Waals surface area contributed by atoms with Crippen molar-refractivity contribution in [3.8, 4) is 0 Å². The van der Waals surface area contributed by atoms with Gasteiger partial charge in [-0.25, -0.2) is 13.2 Å². The summed E-state index contributed by atoms with van der Waals surface area (Å²) in [5, 5.41) is 6.32. The molecule has 2 rings (SSSR count). The first-order chi connectivity index (χ1) is 8.45. The van der Waals surface area contributed by atoms with Crippen molar-refractivity contribution < 1.29 is 17.9 Å². The highest BCUT2D eigenvalue weighted by atomic mass is 35.7. The molecule has 0 radical (unpaired) electrons. The molecule has 0 bridgehead atoms. The first-order valence-electron chi connectivity index (χ1n) is 5.65. The van der Waals surface area contributed by atoms with Crippen LogP contribution in [0.1, 0.15) is 48.3 Å². The van der Waals surface area contributed by atoms with Crippen molar-refractivity contribution in [1.82, 2.24) is 10.2 Å². The number of ether oxygens (including phenoxy) is 1. The number of rotatable bonds is 5. The molecule has 1 aliphatic carbocycles. The van der Waals surface area contributed by atoms with E-state index in [0.717, 1.165) is 12.8 Å². The predicted molar refractivity (Wildman–Crippen MR) is 64.2 cm³/mol. The third-order valence-electron chi connectivity index (χ3n) is 2.61. The summed E-state index contributed by atoms with van der Waals surface area (Å²) < 4.78 is 28.0. The van der Waals surface area contributed by atoms with Crippen molar-refractivity contribution in [2.45, 2.75) is 37.0 Å². The number of hydrogen-bond donors (Lipinski definition) is 1. The zero-order valence-electron chi connectivity index (χ0n) is 9.77. The lowest BCUT2D eigenvalue weighted by molar-refractivity contribution is 0.0493. The number of aromatic amines is 1. The Bertz CT molecular complexity index is 562. The number of hydrogen-bond acceptors (Lipinski definition) is 5. The van der Waals surface area contributed by atoms with E-state index in [4.69, 9.17) is 15.4 Å². The maximum Gasteiger partial charge on any atom is 0.360 e. The Labute approximate surface area is 109 Å². The van der Waals surface area contributed by atoms with Crippen LogP contribution >= 0.6 is 10.7 Å². The molecule has 8 heteroatoms. The van der Waals surface area contributed by atoms with Crippen LogP contribution in [0.3, 0.4) is 0 Å². The summed E-state index contributed by atoms with van der Waals surface area (Å²) in [5.74, 6) is -0.673. The predicted octanol–water partition coefficient (Wildman–Crippen LogP) is 1.78. The maximum absolute atomic E-state index is 11.7. The Kier molecular flexibility index (Phi) is 3.63. The van der Waals surface area contributed by atoms with Crippen LogP contribution in [0.25, 0.3) is 0 Å². The fraction of sp³-hybridized carbons (Fsp3) is 0.600. The van der Waals surface area contributed by atoms with Crippen molar-refractivity contribution >= 4 is 25.7 Å². The molecule has 1 fully saturated rings. The molecule has 18 heavy (non-hydrogen) atoms. The van der Waals surface area contributed by atoms with Crippen LogP contribution in [-0.4, -0.2) is 31.2 Å². The van der Waals surface area contributed by atoms with Crippen LogP contribution in [0.4, 0.5) is 0 Å². The van der Waals surface area contributed by atoms with Gasteiger partial charge in [0.15, 0.2) is 5.69 Å². The standard InChI is InChI=1S/C10H13ClN2O4S/c1-2-5-17-10(14)8-9(18(11,15)16)7(12-13-8)6-3-4-6/h6H,2-5H2,1H3,(H,12,13). The van der Waals surface area contributed by atoms with Gasteiger partial charge in [-0.2, -0.15) is 5.10 Å². The molecule has 1 aromatic rings. The van der Waals surface area contributed by atoms with Gasteiger partial charge in [-0.15, -0.1) is 0 Å². The number of nitrogens with zero attached hydrogens (tertiary/aromatic N) is 1. The number of carbonyl (C=O) groups is 1. The van der Waals surface area contributed by atoms with E-state index < -0.39 is 15.0 Å². The minimum Gasteiger partial charge on any atom is -0.461 e. The van der Waals surface area contributed by atoms with E-state index in [-0.39, 0.29) is 23.1 Å². The molecule has 100 valence electrons. The lowest BCUT2D eigenvalue weighted by atomic mass is 10.2. The van der Waals surface area contributed by atoms with E-state index in [1.807, 2.05) is 6.92 Å². The third-order valence-corrected chi connectivity index (χ3v) is 3.97. The molecule has 6 nitrogen and oxygen atoms in total. The Hall–Kier alpha value is -1.08. The Morgan fingerprint density at radius 1 is 1.56 bits per heavy atom. The third kappa shape index (κ3) is 2.67. The summed E-state index contributed by atoms with van der Waals surface area (Å²) in [7, 11) is 1.35. The molecule has 0 saturated heterocycles. The van der Waals surface area contributed by atoms with E-state index in [0.29, 0.717) is 12.1 Å². The topological polar surface area (TPSA) is 89.1 Å². The molecule has 0 atom stereocenters. The minimum absolute atomic E-state index is 0.0914. The van der Waals surface area contributed by atoms with Gasteiger partial charge in [0.2, 0.25) is 0 Å². The molecule has 1 aromatic heterocycles. The normalized spacial score (nSPS) is 15.7. The summed E-state index contributed by atoms with van der Waals surface area (Å²) >= 11 is 0. The van der Waals surface area contributed by atoms with Crippen molar-refractivity contribution in [1.29, 1.82) is 0 Å². The van der Waals surface area contributed by atoms with E-state index in [2.05, 4.69) is 10.2 Å². The lowest BCUT2D eigenvalue weighted by Crippen LogP contribution is -2.10. The van der Waals surface area contributed by atoms with E-state index in [9.17, 15) is 13.2 Å². The molecule has 0 spiro atoms. The minimum atomic E-state index is -4.02. The molecule has 0 aliphatic heterocycles. The van der Waals surface area contributed by atoms with E-state index >= 15 is 0 Å². The van der Waals surface area contributed by atoms with Gasteiger partial charge in [0.05, 0.1) is 12.3 Å². The zero-order valence-corrected chi connectivity index (χ0v) is 11.3. The van der Waals surface area contributed by atoms with Gasteiger partial charge in [-0.3, -0.25) is 5.10 Å². The van der Waals surface area contributed by atoms with Gasteiger partial charge in [-0.05, 0) is 19.3 Å². The number of nitrogens with one attached hydrogen (secondary N) is 1. The van der Waals surface area contributed by atoms with Crippen molar-refractivity contribution in [3.05, 3.63) is 11.4 Å². The SMILES string of the molecule is CCCOC(=O)c1n[nH]c(C2CC2)c1S(=O)(=O)Cl. The lowest BCUT2D eigenvalue weighted by Gasteiger charge is -2.02. The molecule has 1 heterocycles. The second-order valence-corrected chi connectivity index (χ2v) is 6.67. The molecule has 0 unspecified atom stereocenters. The number of halogens is 1. The van der Waals surface area contributed by atoms with Crippen LogP contribution < -0.4 is 0 Å². The molecule has 1 saturated carbocycles. The Morgan fingerprint density at radius 2 is 2.22 bits per heavy atom. The number of aromatic nitrogens is 2. The molecule has 1 N–H and O–H groups in total. The summed E-state index contributed by atoms with van der Waals surface area (Å²) in [6.07, 6.45) is 2.38. The van der Waals surface area contributed by atoms with Gasteiger partial charge in [0.1, 0.15) is 4.90 Å². The van der Waals surface area contributed by atoms with E-state index in [1.54, 1.807) is 0 Å². The van der Waals surface area contributed by atoms with Crippen molar-refractivity contribution in [3.63, 3.8) is 0 Å². The zero-order chi connectivity index (χ0) is 13.3. The van der Waals surface area contributed by atoms with Crippen LogP contribution in [-0.2, 0) is 13.8 Å². The van der Waals surface area contributed by atoms with Gasteiger partial charge in [-0.1, -0.05) is 6.92 Å². The second kappa shape index (κ2) is 4.89. The summed E-state index contributed by atoms with van der Waals surface area (Å²) in [5.41, 5.74) is 0.161. The quantitative estimate of drug-likeness (QED) is 0.660. The average Bonchev–Trinajstić information content (AvgIpc) is 3.03. The average molecular weight is 293 g/mol. The fourth-order valence-electron chi connectivity index (χ4n) is 1.64. The monoisotopic (exact) mass is 292 g/mol. The van der Waals surface area contributed by atoms with Crippen molar-refractivity contribution in [2.24, 2.45) is 0 Å². The first kappa shape index (κ1) is 13.4. The van der Waals surface area contributed by atoms with Crippen LogP contribution in [0.15, 0.2) is 4.90 Å². The molecule has 0 aromatic carbocycles. The number of carbonyl (C=O) groups excluding carboxylic acids is 1. The summed E-state index contributed by atoms with van der Waals surface area (Å²) in [4.78, 5) is 11.5. The van der Waals surface area contributed by atoms with Gasteiger partial charge < -0.3 is 4.74 Å². The largest absolute Gasteiger partial charge is 0.461 e. The Balaban J connectivity index is 2.38.